The number of phosphoric acid groups is 2. The monoisotopic (exact) mass is 1050 g/mol. The molecular formula is C56H88O14P2-2. The minimum atomic E-state index is -4.64. The quantitative estimate of drug-likeness (QED) is 0.0761. The largest absolute Gasteiger partial charge is 0.756 e. The van der Waals surface area contributed by atoms with E-state index in [4.69, 9.17) is 32.7 Å². The third-order valence-corrected chi connectivity index (χ3v) is 20.3. The lowest BCUT2D eigenvalue weighted by Gasteiger charge is -2.61. The van der Waals surface area contributed by atoms with Crippen molar-refractivity contribution in [2.45, 2.75) is 214 Å². The van der Waals surface area contributed by atoms with E-state index < -0.39 is 64.5 Å². The smallest absolute Gasteiger partial charge is 0.268 e. The first kappa shape index (κ1) is 58.1. The number of fused-ring (bicyclic) bond motifs is 5. The number of benzene rings is 2. The van der Waals surface area contributed by atoms with E-state index in [0.29, 0.717) is 59.3 Å². The van der Waals surface area contributed by atoms with Gasteiger partial charge in [-0.3, -0.25) is 9.13 Å². The molecule has 408 valence electrons. The van der Waals surface area contributed by atoms with Crippen LogP contribution in [0.4, 0.5) is 0 Å². The lowest BCUT2D eigenvalue weighted by atomic mass is 9.44. The van der Waals surface area contributed by atoms with Gasteiger partial charge in [-0.2, -0.15) is 0 Å². The van der Waals surface area contributed by atoms with Crippen LogP contribution in [0, 0.1) is 58.2 Å². The normalized spacial score (nSPS) is 38.6. The molecule has 2 heterocycles. The Labute approximate surface area is 430 Å². The second-order valence-electron chi connectivity index (χ2n) is 24.1. The fourth-order valence-corrected chi connectivity index (χ4v) is 16.4. The molecule has 8 rings (SSSR count). The van der Waals surface area contributed by atoms with Crippen molar-refractivity contribution >= 4 is 15.6 Å². The number of hydrogen-bond acceptors (Lipinski definition) is 14. The lowest BCUT2D eigenvalue weighted by Crippen LogP contribution is -2.54. The first-order valence-electron chi connectivity index (χ1n) is 27.4. The van der Waals surface area contributed by atoms with E-state index in [1.165, 1.54) is 44.9 Å². The highest BCUT2D eigenvalue weighted by Gasteiger charge is 2.60. The van der Waals surface area contributed by atoms with Gasteiger partial charge in [0.15, 0.2) is 0 Å². The van der Waals surface area contributed by atoms with Gasteiger partial charge in [0.25, 0.3) is 15.6 Å². The number of rotatable bonds is 19. The number of aliphatic hydroxyl groups is 4. The highest BCUT2D eigenvalue weighted by Crippen LogP contribution is 2.68. The molecule has 72 heavy (non-hydrogen) atoms. The Kier molecular flexibility index (Phi) is 19.7. The topological polar surface area (TPSA) is 217 Å². The Morgan fingerprint density at radius 2 is 1.19 bits per heavy atom. The van der Waals surface area contributed by atoms with Crippen molar-refractivity contribution in [1.29, 1.82) is 0 Å². The molecular weight excluding hydrogens is 959 g/mol. The highest BCUT2D eigenvalue weighted by molar-refractivity contribution is 7.46. The summed E-state index contributed by atoms with van der Waals surface area (Å²) in [5, 5.41) is 40.2. The van der Waals surface area contributed by atoms with Crippen LogP contribution in [0.15, 0.2) is 48.5 Å². The van der Waals surface area contributed by atoms with Gasteiger partial charge in [-0.25, -0.2) is 0 Å². The molecule has 2 saturated heterocycles. The van der Waals surface area contributed by atoms with E-state index in [1.54, 1.807) is 26.0 Å². The zero-order valence-corrected chi connectivity index (χ0v) is 46.3. The van der Waals surface area contributed by atoms with Gasteiger partial charge in [0.2, 0.25) is 0 Å². The molecule has 6 fully saturated rings. The van der Waals surface area contributed by atoms with E-state index in [2.05, 4.69) is 20.8 Å². The number of hydrogen-bond donors (Lipinski definition) is 4. The van der Waals surface area contributed by atoms with Crippen molar-refractivity contribution in [3.63, 3.8) is 0 Å². The van der Waals surface area contributed by atoms with Gasteiger partial charge in [-0.05, 0) is 178 Å². The molecule has 6 aliphatic rings. The predicted molar refractivity (Wildman–Crippen MR) is 273 cm³/mol. The SMILES string of the molecule is CC(C)C[C@H]1O[C@@H](C)[C@H](O)[C@@H]1OP(=O)([O-])OCCC[C@@H](C)[C@H]1CC[C@H]2[C@@H]3CCC4C[C@H](O)CC[C@]4(C)[C@H]3CC[C@]12C.CC(C)C[C@H]1O[C@@H](C)[C@H](O)[C@@H]1OP(=O)([O-])OCc1ccc(-c2ccc(CO)cc2)cc1. The number of ether oxygens (including phenoxy) is 2. The first-order valence-corrected chi connectivity index (χ1v) is 30.3. The molecule has 0 spiro atoms. The van der Waals surface area contributed by atoms with Crippen LogP contribution in [-0.2, 0) is 49.9 Å². The molecule has 2 aromatic rings. The molecule has 2 aromatic carbocycles. The van der Waals surface area contributed by atoms with Gasteiger partial charge in [0.1, 0.15) is 24.4 Å². The molecule has 4 N–H and O–H groups in total. The fraction of sp³-hybridized carbons (Fsp3) is 0.786. The minimum Gasteiger partial charge on any atom is -0.756 e. The van der Waals surface area contributed by atoms with Gasteiger partial charge in [0, 0.05) is 0 Å². The van der Waals surface area contributed by atoms with Crippen LogP contribution in [0.5, 0.6) is 0 Å². The van der Waals surface area contributed by atoms with Gasteiger partial charge in [0.05, 0.1) is 50.3 Å². The highest BCUT2D eigenvalue weighted by atomic mass is 31.2. The molecule has 0 amide bonds. The summed E-state index contributed by atoms with van der Waals surface area (Å²) >= 11 is 0. The molecule has 0 radical (unpaired) electrons. The molecule has 14 nitrogen and oxygen atoms in total. The Morgan fingerprint density at radius 3 is 1.74 bits per heavy atom. The van der Waals surface area contributed by atoms with Crippen molar-refractivity contribution in [1.82, 2.24) is 0 Å². The summed E-state index contributed by atoms with van der Waals surface area (Å²) in [6.07, 6.45) is 7.93. The van der Waals surface area contributed by atoms with E-state index in [9.17, 15) is 34.2 Å². The zero-order chi connectivity index (χ0) is 52.3. The van der Waals surface area contributed by atoms with Crippen LogP contribution in [0.2, 0.25) is 0 Å². The van der Waals surface area contributed by atoms with E-state index in [1.807, 2.05) is 64.1 Å². The standard InChI is InChI=1S/C33H59O7P.C23H31O7P/c1-20(2)18-29-31(30(35)22(4)39-29)40-41(36,37)38-17-7-8-21(3)26-11-12-27-25-10-9-23-19-24(34)13-15-32(23,5)28(25)14-16-33(26,27)6;1-15(2)12-21-23(22(25)16(3)29-21)30-31(26,27)28-14-18-6-10-20(11-7-18)19-8-4-17(13-24)5-9-19/h20-31,34-35H,7-19H2,1-6H3,(H,36,37);4-11,15-16,21-25H,12-14H2,1-3H3,(H,26,27)/p-2/t21-,22+,23?,24-,25+,26-,27+,28+,29-,30+,31-,32+,33-;16-,21+,22-,23+/m10/s1. The summed E-state index contributed by atoms with van der Waals surface area (Å²) in [4.78, 5) is 25.1. The van der Waals surface area contributed by atoms with Crippen LogP contribution < -0.4 is 9.79 Å². The lowest BCUT2D eigenvalue weighted by molar-refractivity contribution is -0.235. The number of phosphoric ester groups is 2. The molecule has 0 bridgehead atoms. The van der Waals surface area contributed by atoms with Crippen LogP contribution >= 0.6 is 15.6 Å². The average molecular weight is 1050 g/mol. The molecule has 4 saturated carbocycles. The van der Waals surface area contributed by atoms with Crippen LogP contribution in [-0.4, -0.2) is 82.0 Å². The average Bonchev–Trinajstić information content (AvgIpc) is 3.91. The van der Waals surface area contributed by atoms with Crippen molar-refractivity contribution in [3.05, 3.63) is 59.7 Å². The maximum absolute atomic E-state index is 12.7. The molecule has 4 aliphatic carbocycles. The molecule has 0 aromatic heterocycles. The molecule has 3 unspecified atom stereocenters. The molecule has 2 aliphatic heterocycles. The van der Waals surface area contributed by atoms with E-state index in [0.717, 1.165) is 53.7 Å². The van der Waals surface area contributed by atoms with Gasteiger partial charge in [-0.1, -0.05) is 97.0 Å². The van der Waals surface area contributed by atoms with Crippen LogP contribution in [0.3, 0.4) is 0 Å². The zero-order valence-electron chi connectivity index (χ0n) is 44.5. The third kappa shape index (κ3) is 13.7. The van der Waals surface area contributed by atoms with Crippen LogP contribution in [0.1, 0.15) is 157 Å². The van der Waals surface area contributed by atoms with Crippen molar-refractivity contribution < 1.29 is 66.9 Å². The maximum Gasteiger partial charge on any atom is 0.268 e. The van der Waals surface area contributed by atoms with E-state index >= 15 is 0 Å². The van der Waals surface area contributed by atoms with Gasteiger partial charge >= 0.3 is 0 Å². The minimum absolute atomic E-state index is 0.00494. The Balaban J connectivity index is 0.000000220. The van der Waals surface area contributed by atoms with Gasteiger partial charge < -0.3 is 57.8 Å². The maximum atomic E-state index is 12.7. The second kappa shape index (κ2) is 24.4. The summed E-state index contributed by atoms with van der Waals surface area (Å²) in [6, 6.07) is 14.9. The van der Waals surface area contributed by atoms with Crippen molar-refractivity contribution in [2.24, 2.45) is 58.2 Å². The van der Waals surface area contributed by atoms with Crippen LogP contribution in [0.25, 0.3) is 11.1 Å². The summed E-state index contributed by atoms with van der Waals surface area (Å²) in [5.41, 5.74) is 4.24. The summed E-state index contributed by atoms with van der Waals surface area (Å²) in [5.74, 6) is 4.89. The summed E-state index contributed by atoms with van der Waals surface area (Å²) < 4.78 is 57.5. The first-order chi connectivity index (χ1) is 33.9. The second-order valence-corrected chi connectivity index (χ2v) is 26.9. The van der Waals surface area contributed by atoms with E-state index in [-0.39, 0.29) is 31.8 Å². The molecule has 19 atom stereocenters. The fourth-order valence-electron chi connectivity index (χ4n) is 14.5. The Morgan fingerprint density at radius 1 is 0.681 bits per heavy atom. The van der Waals surface area contributed by atoms with Crippen molar-refractivity contribution in [2.75, 3.05) is 6.61 Å². The Bertz CT molecular complexity index is 2120. The summed E-state index contributed by atoms with van der Waals surface area (Å²) in [7, 11) is -9.20. The van der Waals surface area contributed by atoms with Crippen molar-refractivity contribution in [3.8, 4) is 11.1 Å². The molecule has 16 heteroatoms. The number of aliphatic hydroxyl groups excluding tert-OH is 4. The third-order valence-electron chi connectivity index (χ3n) is 18.3. The summed E-state index contributed by atoms with van der Waals surface area (Å²) in [6.45, 7) is 18.9. The van der Waals surface area contributed by atoms with Gasteiger partial charge in [-0.15, -0.1) is 0 Å². The Hall–Kier alpha value is -1.58. The predicted octanol–water partition coefficient (Wildman–Crippen LogP) is 9.90.